The number of anilines is 2. The van der Waals surface area contributed by atoms with E-state index in [-0.39, 0.29) is 23.4 Å². The summed E-state index contributed by atoms with van der Waals surface area (Å²) in [6.07, 6.45) is 1.85. The normalized spacial score (nSPS) is 13.7. The van der Waals surface area contributed by atoms with E-state index in [4.69, 9.17) is 0 Å². The number of carbonyl (C=O) groups excluding carboxylic acids is 2. The molecule has 1 aliphatic carbocycles. The minimum atomic E-state index is -0.463. The number of rotatable bonds is 4. The van der Waals surface area contributed by atoms with Crippen molar-refractivity contribution >= 4 is 33.8 Å². The van der Waals surface area contributed by atoms with Crippen molar-refractivity contribution < 1.29 is 14.0 Å². The molecule has 1 aliphatic rings. The first kappa shape index (κ1) is 15.7. The van der Waals surface area contributed by atoms with Crippen LogP contribution in [0.15, 0.2) is 24.3 Å². The second-order valence-corrected chi connectivity index (χ2v) is 6.88. The Hall–Kier alpha value is -2.21. The number of hydrogen-bond donors (Lipinski definition) is 2. The van der Waals surface area contributed by atoms with Gasteiger partial charge in [0.05, 0.1) is 15.6 Å². The number of halogens is 1. The smallest absolute Gasteiger partial charge is 0.266 e. The zero-order valence-corrected chi connectivity index (χ0v) is 13.7. The van der Waals surface area contributed by atoms with Crippen LogP contribution in [0.3, 0.4) is 0 Å². The first-order valence-corrected chi connectivity index (χ1v) is 8.24. The summed E-state index contributed by atoms with van der Waals surface area (Å²) in [5, 5.41) is 6.06. The Balaban J connectivity index is 1.73. The van der Waals surface area contributed by atoms with E-state index in [1.165, 1.54) is 17.4 Å². The lowest BCUT2D eigenvalue weighted by molar-refractivity contribution is -0.117. The van der Waals surface area contributed by atoms with E-state index in [1.54, 1.807) is 32.0 Å². The van der Waals surface area contributed by atoms with Gasteiger partial charge in [0.15, 0.2) is 0 Å². The second kappa shape index (κ2) is 6.12. The molecule has 0 saturated heterocycles. The highest BCUT2D eigenvalue weighted by molar-refractivity contribution is 7.18. The van der Waals surface area contributed by atoms with Gasteiger partial charge in [-0.2, -0.15) is 0 Å². The molecule has 1 aromatic heterocycles. The fourth-order valence-electron chi connectivity index (χ4n) is 2.24. The third-order valence-corrected chi connectivity index (χ3v) is 4.84. The monoisotopic (exact) mass is 332 g/mol. The summed E-state index contributed by atoms with van der Waals surface area (Å²) in [6, 6.07) is 6.42. The molecule has 23 heavy (non-hydrogen) atoms. The molecule has 120 valence electrons. The number of hydrogen-bond acceptors (Lipinski definition) is 3. The van der Waals surface area contributed by atoms with E-state index in [2.05, 4.69) is 10.6 Å². The molecule has 0 unspecified atom stereocenters. The fourth-order valence-corrected chi connectivity index (χ4v) is 3.21. The summed E-state index contributed by atoms with van der Waals surface area (Å²) in [4.78, 5) is 24.6. The molecular weight excluding hydrogens is 315 g/mol. The van der Waals surface area contributed by atoms with Crippen molar-refractivity contribution in [1.29, 1.82) is 0 Å². The topological polar surface area (TPSA) is 58.2 Å². The van der Waals surface area contributed by atoms with Crippen molar-refractivity contribution in [1.82, 2.24) is 0 Å². The van der Waals surface area contributed by atoms with Crippen LogP contribution in [-0.4, -0.2) is 11.8 Å². The minimum Gasteiger partial charge on any atom is -0.319 e. The number of nitrogens with one attached hydrogen (secondary N) is 2. The molecule has 0 atom stereocenters. The lowest BCUT2D eigenvalue weighted by Crippen LogP contribution is -2.13. The Morgan fingerprint density at radius 2 is 1.91 bits per heavy atom. The van der Waals surface area contributed by atoms with Gasteiger partial charge in [0.1, 0.15) is 5.82 Å². The average molecular weight is 332 g/mol. The molecule has 1 fully saturated rings. The number of aryl methyl sites for hydroxylation is 2. The lowest BCUT2D eigenvalue weighted by atomic mass is 10.2. The molecule has 1 aromatic carbocycles. The molecule has 0 bridgehead atoms. The molecule has 6 heteroatoms. The third kappa shape index (κ3) is 3.59. The molecule has 4 nitrogen and oxygen atoms in total. The van der Waals surface area contributed by atoms with Gasteiger partial charge in [-0.05, 0) is 56.0 Å². The summed E-state index contributed by atoms with van der Waals surface area (Å²) < 4.78 is 13.8. The van der Waals surface area contributed by atoms with Crippen LogP contribution in [0, 0.1) is 25.6 Å². The Morgan fingerprint density at radius 3 is 2.57 bits per heavy atom. The number of thiophene rings is 1. The average Bonchev–Trinajstić information content (AvgIpc) is 3.26. The standard InChI is InChI=1S/C17H17FN2O2S/c1-9-3-6-13(12(18)7-9)19-17(22)15-10(2)8-14(23-15)20-16(21)11-4-5-11/h3,6-8,11H,4-5H2,1-2H3,(H,19,22)(H,20,21). The van der Waals surface area contributed by atoms with Crippen molar-refractivity contribution in [3.63, 3.8) is 0 Å². The SMILES string of the molecule is Cc1ccc(NC(=O)c2sc(NC(=O)C3CC3)cc2C)c(F)c1. The minimum absolute atomic E-state index is 0.00258. The van der Waals surface area contributed by atoms with E-state index in [0.717, 1.165) is 24.0 Å². The zero-order valence-electron chi connectivity index (χ0n) is 12.9. The van der Waals surface area contributed by atoms with Crippen LogP contribution in [0.4, 0.5) is 15.1 Å². The van der Waals surface area contributed by atoms with Gasteiger partial charge in [-0.15, -0.1) is 11.3 Å². The molecule has 0 aliphatic heterocycles. The van der Waals surface area contributed by atoms with E-state index in [1.807, 2.05) is 0 Å². The largest absolute Gasteiger partial charge is 0.319 e. The summed E-state index contributed by atoms with van der Waals surface area (Å²) in [7, 11) is 0. The van der Waals surface area contributed by atoms with Gasteiger partial charge >= 0.3 is 0 Å². The van der Waals surface area contributed by atoms with Gasteiger partial charge in [-0.3, -0.25) is 9.59 Å². The molecular formula is C17H17FN2O2S. The first-order chi connectivity index (χ1) is 10.9. The van der Waals surface area contributed by atoms with Crippen LogP contribution in [0.5, 0.6) is 0 Å². The Bertz CT molecular complexity index is 781. The van der Waals surface area contributed by atoms with Crippen LogP contribution < -0.4 is 10.6 Å². The predicted molar refractivity (Wildman–Crippen MR) is 89.5 cm³/mol. The van der Waals surface area contributed by atoms with Crippen LogP contribution >= 0.6 is 11.3 Å². The van der Waals surface area contributed by atoms with Crippen LogP contribution in [0.25, 0.3) is 0 Å². The number of carbonyl (C=O) groups is 2. The maximum Gasteiger partial charge on any atom is 0.266 e. The van der Waals surface area contributed by atoms with Crippen molar-refractivity contribution in [3.8, 4) is 0 Å². The maximum absolute atomic E-state index is 13.8. The van der Waals surface area contributed by atoms with E-state index in [9.17, 15) is 14.0 Å². The molecule has 1 saturated carbocycles. The van der Waals surface area contributed by atoms with E-state index < -0.39 is 5.82 Å². The van der Waals surface area contributed by atoms with E-state index >= 15 is 0 Å². The predicted octanol–water partition coefficient (Wildman–Crippen LogP) is 4.10. The van der Waals surface area contributed by atoms with Gasteiger partial charge in [-0.25, -0.2) is 4.39 Å². The van der Waals surface area contributed by atoms with Gasteiger partial charge in [0.2, 0.25) is 5.91 Å². The lowest BCUT2D eigenvalue weighted by Gasteiger charge is -2.06. The third-order valence-electron chi connectivity index (χ3n) is 3.69. The van der Waals surface area contributed by atoms with Crippen LogP contribution in [-0.2, 0) is 4.79 Å². The molecule has 2 aromatic rings. The molecule has 0 spiro atoms. The molecule has 2 amide bonds. The van der Waals surface area contributed by atoms with Crippen molar-refractivity contribution in [2.45, 2.75) is 26.7 Å². The Labute approximate surface area is 137 Å². The van der Waals surface area contributed by atoms with Crippen LogP contribution in [0.2, 0.25) is 0 Å². The summed E-state index contributed by atoms with van der Waals surface area (Å²) in [5.41, 5.74) is 1.70. The van der Waals surface area contributed by atoms with Gasteiger partial charge in [-0.1, -0.05) is 6.07 Å². The second-order valence-electron chi connectivity index (χ2n) is 5.82. The summed E-state index contributed by atoms with van der Waals surface area (Å²) in [6.45, 7) is 3.58. The molecule has 0 radical (unpaired) electrons. The maximum atomic E-state index is 13.8. The van der Waals surface area contributed by atoms with Gasteiger partial charge in [0, 0.05) is 5.92 Å². The van der Waals surface area contributed by atoms with Crippen molar-refractivity contribution in [2.24, 2.45) is 5.92 Å². The Kier molecular flexibility index (Phi) is 4.17. The van der Waals surface area contributed by atoms with Crippen molar-refractivity contribution in [2.75, 3.05) is 10.6 Å². The zero-order chi connectivity index (χ0) is 16.6. The highest BCUT2D eigenvalue weighted by Gasteiger charge is 2.30. The molecule has 1 heterocycles. The van der Waals surface area contributed by atoms with Crippen LogP contribution in [0.1, 0.15) is 33.6 Å². The fraction of sp³-hybridized carbons (Fsp3) is 0.294. The van der Waals surface area contributed by atoms with Gasteiger partial charge in [0.25, 0.3) is 5.91 Å². The summed E-state index contributed by atoms with van der Waals surface area (Å²) in [5.74, 6) is -0.726. The summed E-state index contributed by atoms with van der Waals surface area (Å²) >= 11 is 1.20. The highest BCUT2D eigenvalue weighted by Crippen LogP contribution is 2.33. The molecule has 2 N–H and O–H groups in total. The van der Waals surface area contributed by atoms with E-state index in [0.29, 0.717) is 9.88 Å². The number of amides is 2. The molecule has 3 rings (SSSR count). The first-order valence-electron chi connectivity index (χ1n) is 7.43. The Morgan fingerprint density at radius 1 is 1.17 bits per heavy atom. The quantitative estimate of drug-likeness (QED) is 0.885. The van der Waals surface area contributed by atoms with Crippen molar-refractivity contribution in [3.05, 3.63) is 46.1 Å². The number of benzene rings is 1. The van der Waals surface area contributed by atoms with Gasteiger partial charge < -0.3 is 10.6 Å². The highest BCUT2D eigenvalue weighted by atomic mass is 32.1.